The molecular formula is C14H14F3N3OS. The lowest BCUT2D eigenvalue weighted by Crippen LogP contribution is -2.42. The van der Waals surface area contributed by atoms with Crippen LogP contribution in [0.25, 0.3) is 0 Å². The van der Waals surface area contributed by atoms with Crippen molar-refractivity contribution in [1.82, 2.24) is 9.80 Å². The van der Waals surface area contributed by atoms with Crippen LogP contribution in [0.15, 0.2) is 24.3 Å². The van der Waals surface area contributed by atoms with E-state index in [0.717, 1.165) is 11.8 Å². The summed E-state index contributed by atoms with van der Waals surface area (Å²) >= 11 is 1.12. The Morgan fingerprint density at radius 2 is 2.00 bits per heavy atom. The number of rotatable bonds is 5. The number of nitrogens with zero attached hydrogens (tertiary/aromatic N) is 3. The molecule has 1 aromatic carbocycles. The maximum atomic E-state index is 12.7. The molecule has 0 N–H and O–H groups in total. The number of thioether (sulfide) groups is 1. The summed E-state index contributed by atoms with van der Waals surface area (Å²) in [5.74, 6) is 0.607. The van der Waals surface area contributed by atoms with E-state index >= 15 is 0 Å². The summed E-state index contributed by atoms with van der Waals surface area (Å²) in [5.41, 5.74) is 1.12. The van der Waals surface area contributed by atoms with Crippen LogP contribution in [-0.2, 0) is 6.54 Å². The highest BCUT2D eigenvalue weighted by Crippen LogP contribution is 2.22. The van der Waals surface area contributed by atoms with Gasteiger partial charge in [0.15, 0.2) is 0 Å². The van der Waals surface area contributed by atoms with Gasteiger partial charge in [-0.3, -0.25) is 9.69 Å². The van der Waals surface area contributed by atoms with Gasteiger partial charge in [0.05, 0.1) is 24.8 Å². The molecule has 1 heterocycles. The zero-order valence-electron chi connectivity index (χ0n) is 11.6. The molecule has 1 amide bonds. The molecule has 0 radical (unpaired) electrons. The molecule has 4 nitrogen and oxygen atoms in total. The molecule has 0 unspecified atom stereocenters. The fourth-order valence-corrected chi connectivity index (χ4v) is 2.97. The van der Waals surface area contributed by atoms with Gasteiger partial charge in [0.2, 0.25) is 0 Å². The summed E-state index contributed by atoms with van der Waals surface area (Å²) in [6, 6.07) is 8.35. The summed E-state index contributed by atoms with van der Waals surface area (Å²) in [5, 5.41) is 8.54. The fourth-order valence-electron chi connectivity index (χ4n) is 2.15. The lowest BCUT2D eigenvalue weighted by atomic mass is 10.1. The quantitative estimate of drug-likeness (QED) is 0.833. The molecule has 1 saturated heterocycles. The maximum absolute atomic E-state index is 12.7. The van der Waals surface area contributed by atoms with Crippen LogP contribution in [0.3, 0.4) is 0 Å². The highest BCUT2D eigenvalue weighted by molar-refractivity contribution is 8.13. The van der Waals surface area contributed by atoms with Crippen LogP contribution in [0.4, 0.5) is 18.0 Å². The lowest BCUT2D eigenvalue weighted by Gasteiger charge is -2.28. The third-order valence-electron chi connectivity index (χ3n) is 3.11. The van der Waals surface area contributed by atoms with E-state index in [9.17, 15) is 18.0 Å². The van der Waals surface area contributed by atoms with E-state index in [-0.39, 0.29) is 18.5 Å². The summed E-state index contributed by atoms with van der Waals surface area (Å²) < 4.78 is 38.1. The molecular weight excluding hydrogens is 315 g/mol. The third kappa shape index (κ3) is 4.93. The Morgan fingerprint density at radius 3 is 2.50 bits per heavy atom. The number of halogens is 3. The van der Waals surface area contributed by atoms with Crippen LogP contribution < -0.4 is 0 Å². The molecule has 0 aliphatic carbocycles. The Kier molecular flexibility index (Phi) is 5.32. The minimum absolute atomic E-state index is 0.0503. The topological polar surface area (TPSA) is 47.3 Å². The van der Waals surface area contributed by atoms with Gasteiger partial charge >= 0.3 is 6.18 Å². The van der Waals surface area contributed by atoms with Crippen LogP contribution in [0, 0.1) is 11.3 Å². The van der Waals surface area contributed by atoms with E-state index in [4.69, 9.17) is 5.26 Å². The fraction of sp³-hybridized carbons (Fsp3) is 0.429. The van der Waals surface area contributed by atoms with Crippen molar-refractivity contribution >= 4 is 17.0 Å². The van der Waals surface area contributed by atoms with Gasteiger partial charge in [-0.05, 0) is 17.7 Å². The van der Waals surface area contributed by atoms with E-state index in [1.165, 1.54) is 9.80 Å². The van der Waals surface area contributed by atoms with Crippen molar-refractivity contribution in [3.05, 3.63) is 35.4 Å². The number of alkyl halides is 3. The molecule has 8 heteroatoms. The Balaban J connectivity index is 2.06. The molecule has 22 heavy (non-hydrogen) atoms. The molecule has 0 saturated carbocycles. The Hall–Kier alpha value is -1.72. The number of carbonyl (C=O) groups excluding carboxylic acids is 1. The standard InChI is InChI=1S/C14H14F3N3OS/c15-14(16,17)9-19(10-20-5-6-22-13(20)21)8-12-3-1-11(7-18)2-4-12/h1-4H,5-6,8-10H2. The van der Waals surface area contributed by atoms with Crippen LogP contribution in [0.1, 0.15) is 11.1 Å². The molecule has 0 atom stereocenters. The average Bonchev–Trinajstić information content (AvgIpc) is 2.83. The van der Waals surface area contributed by atoms with Crippen molar-refractivity contribution in [3.63, 3.8) is 0 Å². The molecule has 1 aliphatic rings. The number of carbonyl (C=O) groups is 1. The largest absolute Gasteiger partial charge is 0.401 e. The summed E-state index contributed by atoms with van der Waals surface area (Å²) in [4.78, 5) is 14.2. The molecule has 1 aromatic rings. The van der Waals surface area contributed by atoms with Crippen LogP contribution in [0.5, 0.6) is 0 Å². The molecule has 1 aliphatic heterocycles. The van der Waals surface area contributed by atoms with Gasteiger partial charge < -0.3 is 4.90 Å². The first kappa shape index (κ1) is 16.6. The molecule has 118 valence electrons. The minimum Gasteiger partial charge on any atom is -0.320 e. The van der Waals surface area contributed by atoms with Crippen LogP contribution >= 0.6 is 11.8 Å². The summed E-state index contributed by atoms with van der Waals surface area (Å²) in [6.07, 6.45) is -4.33. The maximum Gasteiger partial charge on any atom is 0.401 e. The van der Waals surface area contributed by atoms with Crippen LogP contribution in [-0.4, -0.2) is 46.7 Å². The van der Waals surface area contributed by atoms with Gasteiger partial charge in [-0.15, -0.1) is 0 Å². The van der Waals surface area contributed by atoms with E-state index in [0.29, 0.717) is 23.4 Å². The summed E-state index contributed by atoms with van der Waals surface area (Å²) in [6.45, 7) is -0.600. The zero-order valence-corrected chi connectivity index (χ0v) is 12.5. The molecule has 1 fully saturated rings. The predicted molar refractivity (Wildman–Crippen MR) is 77.0 cm³/mol. The SMILES string of the molecule is N#Cc1ccc(CN(CN2CCSC2=O)CC(F)(F)F)cc1. The van der Waals surface area contributed by atoms with Crippen molar-refractivity contribution in [2.24, 2.45) is 0 Å². The van der Waals surface area contributed by atoms with Crippen LogP contribution in [0.2, 0.25) is 0 Å². The first-order valence-corrected chi connectivity index (χ1v) is 7.56. The van der Waals surface area contributed by atoms with Crippen molar-refractivity contribution in [3.8, 4) is 6.07 Å². The predicted octanol–water partition coefficient (Wildman–Crippen LogP) is 3.05. The van der Waals surface area contributed by atoms with Crippen molar-refractivity contribution < 1.29 is 18.0 Å². The highest BCUT2D eigenvalue weighted by atomic mass is 32.2. The van der Waals surface area contributed by atoms with Crippen molar-refractivity contribution in [2.75, 3.05) is 25.5 Å². The van der Waals surface area contributed by atoms with Gasteiger partial charge in [0, 0.05) is 18.8 Å². The highest BCUT2D eigenvalue weighted by Gasteiger charge is 2.33. The van der Waals surface area contributed by atoms with Gasteiger partial charge in [-0.1, -0.05) is 23.9 Å². The number of amides is 1. The summed E-state index contributed by atoms with van der Waals surface area (Å²) in [7, 11) is 0. The minimum atomic E-state index is -4.33. The monoisotopic (exact) mass is 329 g/mol. The van der Waals surface area contributed by atoms with Gasteiger partial charge in [0.25, 0.3) is 5.24 Å². The molecule has 0 aromatic heterocycles. The number of benzene rings is 1. The smallest absolute Gasteiger partial charge is 0.320 e. The molecule has 0 spiro atoms. The van der Waals surface area contributed by atoms with Crippen molar-refractivity contribution in [2.45, 2.75) is 12.7 Å². The van der Waals surface area contributed by atoms with Crippen molar-refractivity contribution in [1.29, 1.82) is 5.26 Å². The van der Waals surface area contributed by atoms with Gasteiger partial charge in [0.1, 0.15) is 0 Å². The second-order valence-electron chi connectivity index (χ2n) is 4.93. The van der Waals surface area contributed by atoms with E-state index in [1.807, 2.05) is 6.07 Å². The Morgan fingerprint density at radius 1 is 1.32 bits per heavy atom. The second-order valence-corrected chi connectivity index (χ2v) is 5.98. The third-order valence-corrected chi connectivity index (χ3v) is 4.00. The van der Waals surface area contributed by atoms with Gasteiger partial charge in [-0.25, -0.2) is 0 Å². The molecule has 0 bridgehead atoms. The second kappa shape index (κ2) is 7.03. The normalized spacial score (nSPS) is 15.4. The van der Waals surface area contributed by atoms with E-state index in [2.05, 4.69) is 0 Å². The average molecular weight is 329 g/mol. The van der Waals surface area contributed by atoms with Gasteiger partial charge in [-0.2, -0.15) is 18.4 Å². The van der Waals surface area contributed by atoms with E-state index < -0.39 is 12.7 Å². The number of hydrogen-bond donors (Lipinski definition) is 0. The first-order chi connectivity index (χ1) is 10.4. The zero-order chi connectivity index (χ0) is 16.2. The number of hydrogen-bond acceptors (Lipinski definition) is 4. The molecule has 2 rings (SSSR count). The first-order valence-electron chi connectivity index (χ1n) is 6.57. The Bertz CT molecular complexity index is 568. The Labute approximate surface area is 130 Å². The van der Waals surface area contributed by atoms with E-state index in [1.54, 1.807) is 24.3 Å². The lowest BCUT2D eigenvalue weighted by molar-refractivity contribution is -0.150. The number of nitriles is 1.